The second-order valence-corrected chi connectivity index (χ2v) is 6.89. The Morgan fingerprint density at radius 2 is 1.50 bits per heavy atom. The summed E-state index contributed by atoms with van der Waals surface area (Å²) < 4.78 is 0. The molecule has 0 spiro atoms. The lowest BCUT2D eigenvalue weighted by molar-refractivity contribution is 0.182. The van der Waals surface area contributed by atoms with Crippen molar-refractivity contribution >= 4 is 34.7 Å². The van der Waals surface area contributed by atoms with E-state index in [-0.39, 0.29) is 6.03 Å². The third kappa shape index (κ3) is 4.52. The van der Waals surface area contributed by atoms with Gasteiger partial charge in [-0.05, 0) is 61.5 Å². The Kier molecular flexibility index (Phi) is 5.73. The van der Waals surface area contributed by atoms with E-state index in [1.54, 1.807) is 0 Å². The first-order valence-electron chi connectivity index (χ1n) is 8.77. The molecule has 136 valence electrons. The molecule has 26 heavy (non-hydrogen) atoms. The summed E-state index contributed by atoms with van der Waals surface area (Å²) >= 11 is 5.54. The highest BCUT2D eigenvalue weighted by Gasteiger charge is 2.22. The number of aryl methyl sites for hydroxylation is 2. The molecule has 2 aromatic rings. The number of benzene rings is 2. The number of hydrogen-bond acceptors (Lipinski definition) is 2. The van der Waals surface area contributed by atoms with E-state index < -0.39 is 0 Å². The third-order valence-electron chi connectivity index (χ3n) is 4.64. The van der Waals surface area contributed by atoms with Crippen LogP contribution in [0.3, 0.4) is 0 Å². The Labute approximate surface area is 160 Å². The second kappa shape index (κ2) is 8.19. The van der Waals surface area contributed by atoms with Crippen molar-refractivity contribution in [3.63, 3.8) is 0 Å². The molecule has 0 saturated carbocycles. The van der Waals surface area contributed by atoms with Gasteiger partial charge >= 0.3 is 6.03 Å². The highest BCUT2D eigenvalue weighted by molar-refractivity contribution is 7.80. The quantitative estimate of drug-likeness (QED) is 0.791. The van der Waals surface area contributed by atoms with Crippen molar-refractivity contribution in [3.8, 4) is 0 Å². The minimum absolute atomic E-state index is 0.0658. The molecule has 0 unspecified atom stereocenters. The molecule has 2 aromatic carbocycles. The summed E-state index contributed by atoms with van der Waals surface area (Å²) in [5.74, 6) is 0. The Morgan fingerprint density at radius 3 is 2.15 bits per heavy atom. The minimum atomic E-state index is -0.0658. The number of carbonyl (C=O) groups is 1. The minimum Gasteiger partial charge on any atom is -0.345 e. The van der Waals surface area contributed by atoms with Gasteiger partial charge in [0.2, 0.25) is 0 Å². The van der Waals surface area contributed by atoms with Crippen LogP contribution in [-0.4, -0.2) is 47.1 Å². The smallest absolute Gasteiger partial charge is 0.321 e. The van der Waals surface area contributed by atoms with E-state index in [0.29, 0.717) is 18.2 Å². The first-order chi connectivity index (χ1) is 12.5. The van der Waals surface area contributed by atoms with Gasteiger partial charge in [0, 0.05) is 37.6 Å². The number of hydrogen-bond donors (Lipinski definition) is 2. The average molecular weight is 369 g/mol. The zero-order chi connectivity index (χ0) is 18.5. The van der Waals surface area contributed by atoms with Crippen LogP contribution in [0.2, 0.25) is 0 Å². The summed E-state index contributed by atoms with van der Waals surface area (Å²) in [6.07, 6.45) is 0. The zero-order valence-electron chi connectivity index (χ0n) is 15.2. The molecule has 3 rings (SSSR count). The number of carbonyl (C=O) groups excluding carboxylic acids is 1. The van der Waals surface area contributed by atoms with Crippen LogP contribution in [0.5, 0.6) is 0 Å². The Hall–Kier alpha value is -2.60. The van der Waals surface area contributed by atoms with Crippen molar-refractivity contribution in [2.24, 2.45) is 0 Å². The van der Waals surface area contributed by atoms with Gasteiger partial charge in [-0.1, -0.05) is 24.3 Å². The average Bonchev–Trinajstić information content (AvgIpc) is 2.65. The van der Waals surface area contributed by atoms with Crippen molar-refractivity contribution in [1.29, 1.82) is 0 Å². The van der Waals surface area contributed by atoms with Gasteiger partial charge in [-0.3, -0.25) is 0 Å². The molecule has 1 heterocycles. The van der Waals surface area contributed by atoms with Gasteiger partial charge in [0.05, 0.1) is 0 Å². The highest BCUT2D eigenvalue weighted by Crippen LogP contribution is 2.15. The number of anilines is 2. The van der Waals surface area contributed by atoms with E-state index in [1.807, 2.05) is 41.3 Å². The molecule has 1 saturated heterocycles. The molecule has 0 aliphatic carbocycles. The van der Waals surface area contributed by atoms with Gasteiger partial charge in [-0.2, -0.15) is 0 Å². The largest absolute Gasteiger partial charge is 0.345 e. The third-order valence-corrected chi connectivity index (χ3v) is 5.00. The SMILES string of the molecule is Cc1ccc(NC(=S)N2CCN(C(=O)Nc3ccccc3)CC2)cc1C. The monoisotopic (exact) mass is 368 g/mol. The van der Waals surface area contributed by atoms with Crippen LogP contribution in [0.15, 0.2) is 48.5 Å². The van der Waals surface area contributed by atoms with Gasteiger partial charge < -0.3 is 20.4 Å². The predicted molar refractivity (Wildman–Crippen MR) is 111 cm³/mol. The maximum atomic E-state index is 12.4. The molecule has 0 bridgehead atoms. The molecule has 1 aliphatic heterocycles. The summed E-state index contributed by atoms with van der Waals surface area (Å²) in [6.45, 7) is 6.92. The van der Waals surface area contributed by atoms with E-state index in [1.165, 1.54) is 11.1 Å². The lowest BCUT2D eigenvalue weighted by atomic mass is 10.1. The van der Waals surface area contributed by atoms with Crippen LogP contribution < -0.4 is 10.6 Å². The van der Waals surface area contributed by atoms with Crippen molar-refractivity contribution < 1.29 is 4.79 Å². The van der Waals surface area contributed by atoms with E-state index in [4.69, 9.17) is 12.2 Å². The van der Waals surface area contributed by atoms with Crippen LogP contribution in [-0.2, 0) is 0 Å². The normalized spacial score (nSPS) is 14.1. The van der Waals surface area contributed by atoms with Crippen molar-refractivity contribution in [2.45, 2.75) is 13.8 Å². The van der Waals surface area contributed by atoms with Crippen molar-refractivity contribution in [1.82, 2.24) is 9.80 Å². The van der Waals surface area contributed by atoms with E-state index in [0.717, 1.165) is 24.5 Å². The molecule has 0 aromatic heterocycles. The fourth-order valence-electron chi connectivity index (χ4n) is 2.86. The van der Waals surface area contributed by atoms with Crippen LogP contribution in [0.4, 0.5) is 16.2 Å². The molecule has 1 fully saturated rings. The molecule has 0 atom stereocenters. The molecule has 2 amide bonds. The zero-order valence-corrected chi connectivity index (χ0v) is 16.0. The van der Waals surface area contributed by atoms with E-state index >= 15 is 0 Å². The number of thiocarbonyl (C=S) groups is 1. The number of nitrogens with one attached hydrogen (secondary N) is 2. The first-order valence-corrected chi connectivity index (χ1v) is 9.18. The van der Waals surface area contributed by atoms with E-state index in [9.17, 15) is 4.79 Å². The van der Waals surface area contributed by atoms with Gasteiger partial charge in [0.1, 0.15) is 0 Å². The Balaban J connectivity index is 1.50. The molecule has 5 nitrogen and oxygen atoms in total. The van der Waals surface area contributed by atoms with Gasteiger partial charge in [0.15, 0.2) is 5.11 Å². The number of amides is 2. The predicted octanol–water partition coefficient (Wildman–Crippen LogP) is 3.85. The maximum Gasteiger partial charge on any atom is 0.321 e. The summed E-state index contributed by atoms with van der Waals surface area (Å²) in [6, 6.07) is 15.7. The summed E-state index contributed by atoms with van der Waals surface area (Å²) in [5.41, 5.74) is 4.31. The van der Waals surface area contributed by atoms with Crippen molar-refractivity contribution in [3.05, 3.63) is 59.7 Å². The Bertz CT molecular complexity index is 786. The molecular weight excluding hydrogens is 344 g/mol. The van der Waals surface area contributed by atoms with E-state index in [2.05, 4.69) is 41.5 Å². The number of urea groups is 1. The van der Waals surface area contributed by atoms with Crippen LogP contribution >= 0.6 is 12.2 Å². The second-order valence-electron chi connectivity index (χ2n) is 6.50. The number of piperazine rings is 1. The van der Waals surface area contributed by atoms with Crippen molar-refractivity contribution in [2.75, 3.05) is 36.8 Å². The summed E-state index contributed by atoms with van der Waals surface area (Å²) in [7, 11) is 0. The van der Waals surface area contributed by atoms with Crippen LogP contribution in [0.1, 0.15) is 11.1 Å². The fourth-order valence-corrected chi connectivity index (χ4v) is 3.16. The standard InChI is InChI=1S/C20H24N4OS/c1-15-8-9-18(14-16(15)2)22-20(26)24-12-10-23(11-13-24)19(25)21-17-6-4-3-5-7-17/h3-9,14H,10-13H2,1-2H3,(H,21,25)(H,22,26). The first kappa shape index (κ1) is 18.2. The number of nitrogens with zero attached hydrogens (tertiary/aromatic N) is 2. The maximum absolute atomic E-state index is 12.4. The number of para-hydroxylation sites is 1. The molecule has 2 N–H and O–H groups in total. The molecule has 0 radical (unpaired) electrons. The van der Waals surface area contributed by atoms with Crippen LogP contribution in [0, 0.1) is 13.8 Å². The summed E-state index contributed by atoms with van der Waals surface area (Å²) in [4.78, 5) is 16.3. The van der Waals surface area contributed by atoms with Gasteiger partial charge in [0.25, 0.3) is 0 Å². The number of rotatable bonds is 2. The lowest BCUT2D eigenvalue weighted by Crippen LogP contribution is -2.52. The Morgan fingerprint density at radius 1 is 0.846 bits per heavy atom. The fraction of sp³-hybridized carbons (Fsp3) is 0.300. The topological polar surface area (TPSA) is 47.6 Å². The lowest BCUT2D eigenvalue weighted by Gasteiger charge is -2.36. The molecule has 1 aliphatic rings. The highest BCUT2D eigenvalue weighted by atomic mass is 32.1. The van der Waals surface area contributed by atoms with Gasteiger partial charge in [-0.15, -0.1) is 0 Å². The molecule has 6 heteroatoms. The summed E-state index contributed by atoms with van der Waals surface area (Å²) in [5, 5.41) is 6.93. The van der Waals surface area contributed by atoms with Crippen LogP contribution in [0.25, 0.3) is 0 Å². The van der Waals surface area contributed by atoms with Gasteiger partial charge in [-0.25, -0.2) is 4.79 Å². The molecular formula is C20H24N4OS.